The van der Waals surface area contributed by atoms with Gasteiger partial charge >= 0.3 is 0 Å². The minimum atomic E-state index is -4.11. The molecule has 0 unspecified atom stereocenters. The maximum absolute atomic E-state index is 12.2. The van der Waals surface area contributed by atoms with E-state index in [2.05, 4.69) is 11.8 Å². The van der Waals surface area contributed by atoms with Crippen molar-refractivity contribution in [2.24, 2.45) is 0 Å². The molecule has 0 spiro atoms. The van der Waals surface area contributed by atoms with Crippen molar-refractivity contribution in [3.05, 3.63) is 22.8 Å². The van der Waals surface area contributed by atoms with Crippen LogP contribution in [0.4, 0.5) is 0 Å². The molecule has 1 N–H and O–H groups in total. The zero-order valence-electron chi connectivity index (χ0n) is 12.2. The van der Waals surface area contributed by atoms with Gasteiger partial charge in [0.25, 0.3) is 16.0 Å². The van der Waals surface area contributed by atoms with Gasteiger partial charge in [-0.3, -0.25) is 14.2 Å². The Morgan fingerprint density at radius 2 is 2.14 bits per heavy atom. The van der Waals surface area contributed by atoms with Crippen LogP contribution in [0.3, 0.4) is 0 Å². The van der Waals surface area contributed by atoms with E-state index in [1.165, 1.54) is 10.6 Å². The first-order valence-electron chi connectivity index (χ1n) is 6.96. The van der Waals surface area contributed by atoms with Crippen LogP contribution in [-0.4, -0.2) is 58.4 Å². The van der Waals surface area contributed by atoms with Crippen LogP contribution in [0.25, 0.3) is 0 Å². The van der Waals surface area contributed by atoms with Gasteiger partial charge in [-0.15, -0.1) is 0 Å². The quantitative estimate of drug-likeness (QED) is 0.452. The SMILES string of the molecule is CCN1CCC/C1=C\C=C1/SC(=S)N(CCS(=O)(=O)O)C1=O. The van der Waals surface area contributed by atoms with Gasteiger partial charge in [0.05, 0.1) is 10.7 Å². The lowest BCUT2D eigenvalue weighted by Crippen LogP contribution is -2.32. The van der Waals surface area contributed by atoms with Crippen molar-refractivity contribution >= 4 is 44.3 Å². The van der Waals surface area contributed by atoms with Crippen molar-refractivity contribution in [2.45, 2.75) is 19.8 Å². The minimum Gasteiger partial charge on any atom is -0.375 e. The molecule has 0 saturated carbocycles. The van der Waals surface area contributed by atoms with E-state index < -0.39 is 15.9 Å². The average Bonchev–Trinajstić information content (AvgIpc) is 2.98. The molecule has 2 fully saturated rings. The Balaban J connectivity index is 2.07. The topological polar surface area (TPSA) is 77.9 Å². The molecule has 2 saturated heterocycles. The third-order valence-corrected chi connectivity index (χ3v) is 5.62. The number of carbonyl (C=O) groups excluding carboxylic acids is 1. The van der Waals surface area contributed by atoms with E-state index in [4.69, 9.17) is 16.8 Å². The van der Waals surface area contributed by atoms with Gasteiger partial charge < -0.3 is 4.90 Å². The summed E-state index contributed by atoms with van der Waals surface area (Å²) in [5.41, 5.74) is 1.20. The molecule has 0 atom stereocenters. The van der Waals surface area contributed by atoms with Crippen molar-refractivity contribution in [1.82, 2.24) is 9.80 Å². The van der Waals surface area contributed by atoms with Gasteiger partial charge in [-0.05, 0) is 31.9 Å². The van der Waals surface area contributed by atoms with Crippen molar-refractivity contribution in [3.8, 4) is 0 Å². The Hall–Kier alpha value is -0.900. The predicted octanol–water partition coefficient (Wildman–Crippen LogP) is 1.62. The highest BCUT2D eigenvalue weighted by atomic mass is 32.2. The second kappa shape index (κ2) is 7.12. The van der Waals surface area contributed by atoms with E-state index in [9.17, 15) is 13.2 Å². The highest BCUT2D eigenvalue weighted by molar-refractivity contribution is 8.26. The summed E-state index contributed by atoms with van der Waals surface area (Å²) < 4.78 is 30.7. The van der Waals surface area contributed by atoms with Gasteiger partial charge in [0.15, 0.2) is 0 Å². The smallest absolute Gasteiger partial charge is 0.266 e. The summed E-state index contributed by atoms with van der Waals surface area (Å²) in [4.78, 5) is 16.2. The summed E-state index contributed by atoms with van der Waals surface area (Å²) in [6.45, 7) is 3.94. The molecule has 9 heteroatoms. The molecule has 2 aliphatic rings. The number of allylic oxidation sites excluding steroid dienone is 3. The van der Waals surface area contributed by atoms with Gasteiger partial charge in [-0.25, -0.2) is 0 Å². The summed E-state index contributed by atoms with van der Waals surface area (Å²) in [5, 5.41) is 0. The molecule has 0 aromatic heterocycles. The summed E-state index contributed by atoms with van der Waals surface area (Å²) in [6, 6.07) is 0. The molecule has 1 amide bonds. The second-order valence-corrected chi connectivity index (χ2v) is 8.23. The summed E-state index contributed by atoms with van der Waals surface area (Å²) >= 11 is 6.25. The molecule has 0 radical (unpaired) electrons. The lowest BCUT2D eigenvalue weighted by Gasteiger charge is -2.16. The van der Waals surface area contributed by atoms with Crippen molar-refractivity contribution in [2.75, 3.05) is 25.4 Å². The number of thioether (sulfide) groups is 1. The van der Waals surface area contributed by atoms with Gasteiger partial charge in [0.1, 0.15) is 4.32 Å². The summed E-state index contributed by atoms with van der Waals surface area (Å²) in [6.07, 6.45) is 5.79. The third kappa shape index (κ3) is 4.31. The number of nitrogens with zero attached hydrogens (tertiary/aromatic N) is 2. The van der Waals surface area contributed by atoms with E-state index in [0.717, 1.165) is 37.7 Å². The first-order valence-corrected chi connectivity index (χ1v) is 9.80. The van der Waals surface area contributed by atoms with Gasteiger partial charge in [-0.2, -0.15) is 8.42 Å². The molecule has 122 valence electrons. The van der Waals surface area contributed by atoms with Crippen LogP contribution in [0.1, 0.15) is 19.8 Å². The van der Waals surface area contributed by atoms with Gasteiger partial charge in [-0.1, -0.05) is 24.0 Å². The second-order valence-electron chi connectivity index (χ2n) is 4.98. The van der Waals surface area contributed by atoms with Crippen LogP contribution in [0, 0.1) is 0 Å². The molecule has 22 heavy (non-hydrogen) atoms. The molecule has 0 aliphatic carbocycles. The maximum atomic E-state index is 12.2. The van der Waals surface area contributed by atoms with E-state index >= 15 is 0 Å². The van der Waals surface area contributed by atoms with E-state index in [0.29, 0.717) is 9.23 Å². The van der Waals surface area contributed by atoms with Crippen molar-refractivity contribution in [3.63, 3.8) is 0 Å². The molecule has 0 bridgehead atoms. The Morgan fingerprint density at radius 3 is 2.77 bits per heavy atom. The minimum absolute atomic E-state index is 0.126. The van der Waals surface area contributed by atoms with Crippen LogP contribution >= 0.6 is 24.0 Å². The van der Waals surface area contributed by atoms with Gasteiger partial charge in [0, 0.05) is 25.3 Å². The Kier molecular flexibility index (Phi) is 5.65. The number of carbonyl (C=O) groups is 1. The fraction of sp³-hybridized carbons (Fsp3) is 0.538. The highest BCUT2D eigenvalue weighted by Gasteiger charge is 2.32. The van der Waals surface area contributed by atoms with Crippen LogP contribution in [0.2, 0.25) is 0 Å². The monoisotopic (exact) mass is 362 g/mol. The lowest BCUT2D eigenvalue weighted by molar-refractivity contribution is -0.122. The maximum Gasteiger partial charge on any atom is 0.266 e. The molecule has 0 aromatic rings. The molecular formula is C13H18N2O4S3. The normalized spacial score (nSPS) is 23.4. The number of hydrogen-bond acceptors (Lipinski definition) is 6. The van der Waals surface area contributed by atoms with Crippen LogP contribution in [0.15, 0.2) is 22.8 Å². The highest BCUT2D eigenvalue weighted by Crippen LogP contribution is 2.31. The zero-order chi connectivity index (χ0) is 16.3. The van der Waals surface area contributed by atoms with Gasteiger partial charge in [0.2, 0.25) is 0 Å². The number of hydrogen-bond donors (Lipinski definition) is 1. The number of rotatable bonds is 5. The third-order valence-electron chi connectivity index (χ3n) is 3.52. The lowest BCUT2D eigenvalue weighted by atomic mass is 10.3. The number of amides is 1. The first kappa shape index (κ1) is 17.5. The van der Waals surface area contributed by atoms with E-state index in [-0.39, 0.29) is 12.5 Å². The molecule has 2 rings (SSSR count). The standard InChI is InChI=1S/C13H18N2O4S3/c1-2-14-7-3-4-10(14)5-6-11-12(16)15(13(20)21-11)8-9-22(17,18)19/h5-6H,2-4,7-9H2,1H3,(H,17,18,19)/b10-5+,11-6-. The Morgan fingerprint density at radius 1 is 1.41 bits per heavy atom. The Bertz CT molecular complexity index is 640. The first-order chi connectivity index (χ1) is 10.3. The average molecular weight is 362 g/mol. The van der Waals surface area contributed by atoms with Crippen LogP contribution < -0.4 is 0 Å². The number of likely N-dealkylation sites (tertiary alicyclic amines) is 1. The summed E-state index contributed by atoms with van der Waals surface area (Å²) in [7, 11) is -4.11. The fourth-order valence-electron chi connectivity index (χ4n) is 2.39. The molecular weight excluding hydrogens is 344 g/mol. The van der Waals surface area contributed by atoms with Crippen molar-refractivity contribution < 1.29 is 17.8 Å². The zero-order valence-corrected chi connectivity index (χ0v) is 14.6. The van der Waals surface area contributed by atoms with Crippen LogP contribution in [0.5, 0.6) is 0 Å². The molecule has 2 aliphatic heterocycles. The number of thiocarbonyl (C=S) groups is 1. The van der Waals surface area contributed by atoms with E-state index in [1.807, 2.05) is 6.08 Å². The molecule has 6 nitrogen and oxygen atoms in total. The van der Waals surface area contributed by atoms with Crippen molar-refractivity contribution in [1.29, 1.82) is 0 Å². The largest absolute Gasteiger partial charge is 0.375 e. The van der Waals surface area contributed by atoms with Crippen LogP contribution in [-0.2, 0) is 14.9 Å². The molecule has 2 heterocycles. The summed E-state index contributed by atoms with van der Waals surface area (Å²) in [5.74, 6) is -0.825. The fourth-order valence-corrected chi connectivity index (χ4v) is 4.05. The Labute approximate surface area is 140 Å². The van der Waals surface area contributed by atoms with E-state index in [1.54, 1.807) is 6.08 Å². The predicted molar refractivity (Wildman–Crippen MR) is 91.0 cm³/mol. The molecule has 0 aromatic carbocycles.